The second-order valence-electron chi connectivity index (χ2n) is 8.61. The van der Waals surface area contributed by atoms with Crippen molar-refractivity contribution >= 4 is 17.5 Å². The Morgan fingerprint density at radius 2 is 1.90 bits per heavy atom. The summed E-state index contributed by atoms with van der Waals surface area (Å²) in [5.74, 6) is 0.390. The summed E-state index contributed by atoms with van der Waals surface area (Å²) in [5, 5.41) is 10.7. The number of phenols is 1. The monoisotopic (exact) mass is 427 g/mol. The number of hydrogen-bond donors (Lipinski definition) is 1. The molecule has 0 aromatic heterocycles. The molecule has 3 aliphatic rings. The minimum absolute atomic E-state index is 0.0513. The Morgan fingerprint density at radius 1 is 1.13 bits per heavy atom. The highest BCUT2D eigenvalue weighted by atomic mass is 35.5. The summed E-state index contributed by atoms with van der Waals surface area (Å²) >= 11 is 5.99. The van der Waals surface area contributed by atoms with E-state index in [4.69, 9.17) is 16.3 Å². The Morgan fingerprint density at radius 3 is 2.67 bits per heavy atom. The van der Waals surface area contributed by atoms with Crippen molar-refractivity contribution in [1.29, 1.82) is 0 Å². The van der Waals surface area contributed by atoms with Gasteiger partial charge in [0.15, 0.2) is 0 Å². The van der Waals surface area contributed by atoms with Crippen molar-refractivity contribution in [3.8, 4) is 5.75 Å². The van der Waals surface area contributed by atoms with Gasteiger partial charge in [-0.25, -0.2) is 0 Å². The number of rotatable bonds is 3. The summed E-state index contributed by atoms with van der Waals surface area (Å²) in [6.45, 7) is 6.16. The molecule has 1 N–H and O–H groups in total. The van der Waals surface area contributed by atoms with Gasteiger partial charge in [0.25, 0.3) is 5.91 Å². The Bertz CT molecular complexity index is 930. The minimum Gasteiger partial charge on any atom is -0.508 e. The molecule has 0 saturated carbocycles. The van der Waals surface area contributed by atoms with Crippen LogP contribution >= 0.6 is 11.6 Å². The fourth-order valence-electron chi connectivity index (χ4n) is 5.19. The van der Waals surface area contributed by atoms with E-state index in [0.717, 1.165) is 31.8 Å². The summed E-state index contributed by atoms with van der Waals surface area (Å²) in [7, 11) is 0. The maximum atomic E-state index is 13.2. The third-order valence-corrected chi connectivity index (χ3v) is 6.80. The lowest BCUT2D eigenvalue weighted by Gasteiger charge is -2.63. The van der Waals surface area contributed by atoms with E-state index >= 15 is 0 Å². The minimum atomic E-state index is -0.0564. The molecule has 3 fully saturated rings. The van der Waals surface area contributed by atoms with Crippen LogP contribution in [0.4, 0.5) is 0 Å². The number of aromatic hydroxyl groups is 1. The predicted molar refractivity (Wildman–Crippen MR) is 115 cm³/mol. The zero-order chi connectivity index (χ0) is 20.7. The van der Waals surface area contributed by atoms with Gasteiger partial charge in [-0.2, -0.15) is 0 Å². The van der Waals surface area contributed by atoms with E-state index in [1.165, 1.54) is 0 Å². The second-order valence-corrected chi connectivity index (χ2v) is 9.05. The maximum Gasteiger partial charge on any atom is 0.253 e. The zero-order valence-electron chi connectivity index (χ0n) is 16.8. The number of hydrogen-bond acceptors (Lipinski definition) is 5. The van der Waals surface area contributed by atoms with Gasteiger partial charge in [0.2, 0.25) is 0 Å². The smallest absolute Gasteiger partial charge is 0.253 e. The van der Waals surface area contributed by atoms with Crippen LogP contribution in [0.2, 0.25) is 5.02 Å². The molecule has 3 aliphatic heterocycles. The lowest BCUT2D eigenvalue weighted by atomic mass is 9.82. The van der Waals surface area contributed by atoms with Crippen LogP contribution in [0.1, 0.15) is 15.9 Å². The number of piperazine rings is 1. The third-order valence-electron chi connectivity index (χ3n) is 6.55. The van der Waals surface area contributed by atoms with E-state index in [0.29, 0.717) is 42.6 Å². The van der Waals surface area contributed by atoms with Crippen molar-refractivity contribution in [1.82, 2.24) is 14.7 Å². The molecular formula is C23H26ClN3O3. The highest BCUT2D eigenvalue weighted by Crippen LogP contribution is 2.37. The fraction of sp³-hybridized carbons (Fsp3) is 0.435. The normalized spacial score (nSPS) is 23.8. The van der Waals surface area contributed by atoms with Gasteiger partial charge >= 0.3 is 0 Å². The molecule has 30 heavy (non-hydrogen) atoms. The number of benzene rings is 2. The van der Waals surface area contributed by atoms with E-state index < -0.39 is 0 Å². The van der Waals surface area contributed by atoms with Crippen molar-refractivity contribution in [2.75, 3.05) is 45.9 Å². The second kappa shape index (κ2) is 7.85. The van der Waals surface area contributed by atoms with E-state index in [1.807, 2.05) is 23.1 Å². The lowest BCUT2D eigenvalue weighted by molar-refractivity contribution is -0.160. The average molecular weight is 428 g/mol. The molecule has 2 aromatic carbocycles. The molecule has 2 aromatic rings. The van der Waals surface area contributed by atoms with Crippen LogP contribution in [0.25, 0.3) is 0 Å². The largest absolute Gasteiger partial charge is 0.508 e. The SMILES string of the molecule is O=C(c1ccc(Cl)cc1)N1C[C@@H]2COCCN2C2(CN(Cc3ccccc3O)C2)C1. The molecule has 0 aliphatic carbocycles. The Hall–Kier alpha value is -2.12. The number of ether oxygens (including phenoxy) is 1. The van der Waals surface area contributed by atoms with E-state index in [9.17, 15) is 9.90 Å². The van der Waals surface area contributed by atoms with Crippen molar-refractivity contribution in [3.05, 3.63) is 64.7 Å². The number of halogens is 1. The number of carbonyl (C=O) groups is 1. The molecule has 158 valence electrons. The zero-order valence-corrected chi connectivity index (χ0v) is 17.6. The number of fused-ring (bicyclic) bond motifs is 2. The van der Waals surface area contributed by atoms with E-state index in [1.54, 1.807) is 30.3 Å². The van der Waals surface area contributed by atoms with Crippen molar-refractivity contribution in [2.24, 2.45) is 0 Å². The summed E-state index contributed by atoms with van der Waals surface area (Å²) in [6, 6.07) is 14.8. The molecule has 5 rings (SSSR count). The molecule has 1 atom stereocenters. The van der Waals surface area contributed by atoms with Gasteiger partial charge < -0.3 is 14.7 Å². The first kappa shape index (κ1) is 19.8. The Balaban J connectivity index is 1.33. The summed E-state index contributed by atoms with van der Waals surface area (Å²) in [6.07, 6.45) is 0. The molecule has 0 radical (unpaired) electrons. The quantitative estimate of drug-likeness (QED) is 0.815. The molecule has 3 heterocycles. The summed E-state index contributed by atoms with van der Waals surface area (Å²) in [4.78, 5) is 20.1. The first-order valence-corrected chi connectivity index (χ1v) is 10.8. The average Bonchev–Trinajstić information content (AvgIpc) is 2.74. The molecule has 7 heteroatoms. The number of likely N-dealkylation sites (tertiary alicyclic amines) is 1. The van der Waals surface area contributed by atoms with Crippen LogP contribution in [0.3, 0.4) is 0 Å². The Labute approximate surface area is 181 Å². The highest BCUT2D eigenvalue weighted by Gasteiger charge is 2.54. The molecule has 6 nitrogen and oxygen atoms in total. The van der Waals surface area contributed by atoms with E-state index in [-0.39, 0.29) is 17.5 Å². The van der Waals surface area contributed by atoms with Gasteiger partial charge in [0.1, 0.15) is 5.75 Å². The van der Waals surface area contributed by atoms with Crippen LogP contribution in [0.5, 0.6) is 5.75 Å². The lowest BCUT2D eigenvalue weighted by Crippen LogP contribution is -2.80. The van der Waals surface area contributed by atoms with Gasteiger partial charge in [-0.1, -0.05) is 29.8 Å². The summed E-state index contributed by atoms with van der Waals surface area (Å²) < 4.78 is 5.74. The third kappa shape index (κ3) is 3.58. The predicted octanol–water partition coefficient (Wildman–Crippen LogP) is 2.46. The molecular weight excluding hydrogens is 402 g/mol. The van der Waals surface area contributed by atoms with Gasteiger partial charge in [0.05, 0.1) is 24.8 Å². The summed E-state index contributed by atoms with van der Waals surface area (Å²) in [5.41, 5.74) is 1.56. The van der Waals surface area contributed by atoms with Gasteiger partial charge in [-0.05, 0) is 30.3 Å². The first-order valence-electron chi connectivity index (χ1n) is 10.4. The van der Waals surface area contributed by atoms with Crippen LogP contribution in [-0.2, 0) is 11.3 Å². The Kier molecular flexibility index (Phi) is 5.19. The standard InChI is InChI=1S/C23H26ClN3O3/c24-19-7-5-17(6-8-19)22(29)26-12-20-13-30-10-9-27(20)23(16-26)14-25(15-23)11-18-3-1-2-4-21(18)28/h1-8,20,28H,9-16H2/t20-/m1/s1. The first-order chi connectivity index (χ1) is 14.5. The van der Waals surface area contributed by atoms with Crippen molar-refractivity contribution < 1.29 is 14.6 Å². The molecule has 0 bridgehead atoms. The molecule has 1 amide bonds. The number of amides is 1. The molecule has 3 saturated heterocycles. The van der Waals surface area contributed by atoms with E-state index in [2.05, 4.69) is 9.80 Å². The molecule has 0 unspecified atom stereocenters. The van der Waals surface area contributed by atoms with Crippen LogP contribution < -0.4 is 0 Å². The van der Waals surface area contributed by atoms with Crippen LogP contribution in [-0.4, -0.2) is 83.2 Å². The number of phenolic OH excluding ortho intramolecular Hbond substituents is 1. The van der Waals surface area contributed by atoms with Crippen molar-refractivity contribution in [3.63, 3.8) is 0 Å². The van der Waals surface area contributed by atoms with Crippen LogP contribution in [0, 0.1) is 0 Å². The molecule has 1 spiro atoms. The number of nitrogens with zero attached hydrogens (tertiary/aromatic N) is 3. The number of para-hydroxylation sites is 1. The number of morpholine rings is 1. The van der Waals surface area contributed by atoms with Crippen molar-refractivity contribution in [2.45, 2.75) is 18.1 Å². The fourth-order valence-corrected chi connectivity index (χ4v) is 5.32. The van der Waals surface area contributed by atoms with Crippen LogP contribution in [0.15, 0.2) is 48.5 Å². The topological polar surface area (TPSA) is 56.2 Å². The highest BCUT2D eigenvalue weighted by molar-refractivity contribution is 6.30. The maximum absolute atomic E-state index is 13.2. The van der Waals surface area contributed by atoms with Gasteiger partial charge in [-0.3, -0.25) is 14.6 Å². The van der Waals surface area contributed by atoms with Gasteiger partial charge in [-0.15, -0.1) is 0 Å². The van der Waals surface area contributed by atoms with Gasteiger partial charge in [0, 0.05) is 55.4 Å². The number of carbonyl (C=O) groups excluding carboxylic acids is 1.